The number of hydrogen-bond donors (Lipinski definition) is 0. The second-order valence-electron chi connectivity index (χ2n) is 4.41. The number of hydrogen-bond acceptors (Lipinski definition) is 1. The van der Waals surface area contributed by atoms with Gasteiger partial charge in [0.05, 0.1) is 7.11 Å². The Kier molecular flexibility index (Phi) is 3.42. The molecule has 19 heavy (non-hydrogen) atoms. The molecule has 0 unspecified atom stereocenters. The fourth-order valence-corrected chi connectivity index (χ4v) is 2.78. The second-order valence-corrected chi connectivity index (χ2v) is 5.65. The van der Waals surface area contributed by atoms with Crippen LogP contribution in [0.2, 0.25) is 0 Å². The lowest BCUT2D eigenvalue weighted by atomic mass is 10.0. The highest BCUT2D eigenvalue weighted by molar-refractivity contribution is 14.1. The van der Waals surface area contributed by atoms with E-state index in [4.69, 9.17) is 4.74 Å². The minimum absolute atomic E-state index is 0.910. The summed E-state index contributed by atoms with van der Waals surface area (Å²) in [5, 5.41) is 2.52. The van der Waals surface area contributed by atoms with Gasteiger partial charge in [-0.1, -0.05) is 36.4 Å². The highest BCUT2D eigenvalue weighted by Gasteiger charge is 2.05. The van der Waals surface area contributed by atoms with Crippen LogP contribution in [0.5, 0.6) is 5.75 Å². The number of para-hydroxylation sites is 1. The Morgan fingerprint density at radius 3 is 2.42 bits per heavy atom. The average Bonchev–Trinajstić information content (AvgIpc) is 2.46. The van der Waals surface area contributed by atoms with E-state index in [9.17, 15) is 0 Å². The van der Waals surface area contributed by atoms with E-state index in [1.165, 1.54) is 19.9 Å². The maximum absolute atomic E-state index is 5.43. The molecule has 0 aliphatic rings. The summed E-state index contributed by atoms with van der Waals surface area (Å²) in [6.07, 6.45) is 0. The topological polar surface area (TPSA) is 9.23 Å². The van der Waals surface area contributed by atoms with Crippen LogP contribution in [0.4, 0.5) is 0 Å². The van der Waals surface area contributed by atoms with Crippen LogP contribution >= 0.6 is 22.6 Å². The Bertz CT molecular complexity index is 734. The molecule has 0 bridgehead atoms. The molecule has 0 spiro atoms. The first-order chi connectivity index (χ1) is 9.28. The number of fused-ring (bicyclic) bond motifs is 1. The third kappa shape index (κ3) is 2.45. The van der Waals surface area contributed by atoms with E-state index >= 15 is 0 Å². The molecule has 0 atom stereocenters. The number of benzene rings is 3. The van der Waals surface area contributed by atoms with E-state index in [2.05, 4.69) is 65.1 Å². The first-order valence-electron chi connectivity index (χ1n) is 6.10. The number of halogens is 1. The predicted octanol–water partition coefficient (Wildman–Crippen LogP) is 5.12. The summed E-state index contributed by atoms with van der Waals surface area (Å²) in [4.78, 5) is 0. The maximum Gasteiger partial charge on any atom is 0.126 e. The molecule has 94 valence electrons. The normalized spacial score (nSPS) is 10.6. The smallest absolute Gasteiger partial charge is 0.126 e. The van der Waals surface area contributed by atoms with Gasteiger partial charge in [-0.25, -0.2) is 0 Å². The molecular formula is C17H13IO. The van der Waals surface area contributed by atoms with Crippen LogP contribution < -0.4 is 4.74 Å². The Morgan fingerprint density at radius 1 is 0.842 bits per heavy atom. The van der Waals surface area contributed by atoms with Gasteiger partial charge in [-0.05, 0) is 63.2 Å². The predicted molar refractivity (Wildman–Crippen MR) is 88.7 cm³/mol. The molecule has 0 saturated carbocycles. The fraction of sp³-hybridized carbons (Fsp3) is 0.0588. The summed E-state index contributed by atoms with van der Waals surface area (Å²) in [5.41, 5.74) is 2.32. The van der Waals surface area contributed by atoms with E-state index in [1.54, 1.807) is 7.11 Å². The number of methoxy groups -OCH3 is 1. The quantitative estimate of drug-likeness (QED) is 0.577. The standard InChI is InChI=1S/C17H13IO/c1-19-17-5-3-2-4-16(17)14-7-6-13-11-15(18)9-8-12(13)10-14/h2-11H,1H3. The van der Waals surface area contributed by atoms with Crippen LogP contribution in [0, 0.1) is 3.57 Å². The molecule has 0 N–H and O–H groups in total. The minimum Gasteiger partial charge on any atom is -0.496 e. The molecule has 3 aromatic carbocycles. The van der Waals surface area contributed by atoms with Crippen molar-refractivity contribution in [3.05, 3.63) is 64.2 Å². The lowest BCUT2D eigenvalue weighted by Gasteiger charge is -2.09. The van der Waals surface area contributed by atoms with Gasteiger partial charge >= 0.3 is 0 Å². The lowest BCUT2D eigenvalue weighted by Crippen LogP contribution is -1.87. The molecular weight excluding hydrogens is 347 g/mol. The third-order valence-corrected chi connectivity index (χ3v) is 3.89. The summed E-state index contributed by atoms with van der Waals surface area (Å²) in [6.45, 7) is 0. The monoisotopic (exact) mass is 360 g/mol. The Labute approximate surface area is 126 Å². The zero-order valence-electron chi connectivity index (χ0n) is 10.6. The van der Waals surface area contributed by atoms with Crippen LogP contribution in [-0.4, -0.2) is 7.11 Å². The molecule has 1 nitrogen and oxygen atoms in total. The van der Waals surface area contributed by atoms with E-state index in [-0.39, 0.29) is 0 Å². The van der Waals surface area contributed by atoms with Crippen LogP contribution in [0.15, 0.2) is 60.7 Å². The summed E-state index contributed by atoms with van der Waals surface area (Å²) in [7, 11) is 1.71. The van der Waals surface area contributed by atoms with E-state index in [1.807, 2.05) is 18.2 Å². The van der Waals surface area contributed by atoms with Crippen molar-refractivity contribution in [3.8, 4) is 16.9 Å². The van der Waals surface area contributed by atoms with Crippen LogP contribution in [0.3, 0.4) is 0 Å². The largest absolute Gasteiger partial charge is 0.496 e. The summed E-state index contributed by atoms with van der Waals surface area (Å²) >= 11 is 2.34. The SMILES string of the molecule is COc1ccccc1-c1ccc2cc(I)ccc2c1. The van der Waals surface area contributed by atoms with Crippen molar-refractivity contribution in [2.75, 3.05) is 7.11 Å². The number of rotatable bonds is 2. The van der Waals surface area contributed by atoms with Gasteiger partial charge < -0.3 is 4.74 Å². The van der Waals surface area contributed by atoms with Crippen molar-refractivity contribution in [2.45, 2.75) is 0 Å². The Balaban J connectivity index is 2.18. The Morgan fingerprint density at radius 2 is 1.58 bits per heavy atom. The molecule has 0 saturated heterocycles. The summed E-state index contributed by atoms with van der Waals surface area (Å²) < 4.78 is 6.69. The van der Waals surface area contributed by atoms with Crippen molar-refractivity contribution in [2.24, 2.45) is 0 Å². The van der Waals surface area contributed by atoms with Crippen LogP contribution in [-0.2, 0) is 0 Å². The second kappa shape index (κ2) is 5.21. The van der Waals surface area contributed by atoms with E-state index in [0.717, 1.165) is 11.3 Å². The average molecular weight is 360 g/mol. The zero-order chi connectivity index (χ0) is 13.2. The molecule has 3 aromatic rings. The van der Waals surface area contributed by atoms with Crippen molar-refractivity contribution >= 4 is 33.4 Å². The summed E-state index contributed by atoms with van der Waals surface area (Å²) in [6, 6.07) is 21.1. The van der Waals surface area contributed by atoms with Gasteiger partial charge in [0.25, 0.3) is 0 Å². The first-order valence-corrected chi connectivity index (χ1v) is 7.18. The van der Waals surface area contributed by atoms with Gasteiger partial charge in [-0.15, -0.1) is 0 Å². The molecule has 0 heterocycles. The maximum atomic E-state index is 5.43. The molecule has 0 aliphatic carbocycles. The van der Waals surface area contributed by atoms with Gasteiger partial charge in [0.2, 0.25) is 0 Å². The van der Waals surface area contributed by atoms with Gasteiger partial charge in [-0.2, -0.15) is 0 Å². The van der Waals surface area contributed by atoms with Gasteiger partial charge in [-0.3, -0.25) is 0 Å². The molecule has 0 aliphatic heterocycles. The van der Waals surface area contributed by atoms with Crippen LogP contribution in [0.1, 0.15) is 0 Å². The van der Waals surface area contributed by atoms with Gasteiger partial charge in [0.1, 0.15) is 5.75 Å². The van der Waals surface area contributed by atoms with Crippen molar-refractivity contribution < 1.29 is 4.74 Å². The molecule has 0 fully saturated rings. The Hall–Kier alpha value is -1.55. The number of ether oxygens (including phenoxy) is 1. The molecule has 2 heteroatoms. The minimum atomic E-state index is 0.910. The van der Waals surface area contributed by atoms with Crippen molar-refractivity contribution in [3.63, 3.8) is 0 Å². The molecule has 0 amide bonds. The van der Waals surface area contributed by atoms with Crippen molar-refractivity contribution in [1.29, 1.82) is 0 Å². The summed E-state index contributed by atoms with van der Waals surface area (Å²) in [5.74, 6) is 0.910. The third-order valence-electron chi connectivity index (χ3n) is 3.22. The zero-order valence-corrected chi connectivity index (χ0v) is 12.7. The van der Waals surface area contributed by atoms with Crippen molar-refractivity contribution in [1.82, 2.24) is 0 Å². The van der Waals surface area contributed by atoms with E-state index < -0.39 is 0 Å². The highest BCUT2D eigenvalue weighted by Crippen LogP contribution is 2.31. The van der Waals surface area contributed by atoms with Gasteiger partial charge in [0, 0.05) is 9.13 Å². The molecule has 3 rings (SSSR count). The first kappa shape index (κ1) is 12.5. The molecule has 0 aromatic heterocycles. The van der Waals surface area contributed by atoms with E-state index in [0.29, 0.717) is 0 Å². The fourth-order valence-electron chi connectivity index (χ4n) is 2.27. The van der Waals surface area contributed by atoms with Crippen LogP contribution in [0.25, 0.3) is 21.9 Å². The highest BCUT2D eigenvalue weighted by atomic mass is 127. The lowest BCUT2D eigenvalue weighted by molar-refractivity contribution is 0.416. The van der Waals surface area contributed by atoms with Gasteiger partial charge in [0.15, 0.2) is 0 Å². The molecule has 0 radical (unpaired) electrons.